The van der Waals surface area contributed by atoms with Gasteiger partial charge in [0.15, 0.2) is 0 Å². The van der Waals surface area contributed by atoms with Crippen LogP contribution in [0.2, 0.25) is 0 Å². The maximum absolute atomic E-state index is 3.54. The first-order valence-electron chi connectivity index (χ1n) is 9.21. The molecule has 0 atom stereocenters. The summed E-state index contributed by atoms with van der Waals surface area (Å²) in [5.41, 5.74) is 4.86. The Balaban J connectivity index is 1.94. The highest BCUT2D eigenvalue weighted by Crippen LogP contribution is 2.27. The fourth-order valence-electron chi connectivity index (χ4n) is 2.62. The lowest BCUT2D eigenvalue weighted by molar-refractivity contribution is 0.743. The van der Waals surface area contributed by atoms with Gasteiger partial charge in [-0.15, -0.1) is 11.8 Å². The number of nitrogens with one attached hydrogen (secondary N) is 2. The zero-order valence-electron chi connectivity index (χ0n) is 16.8. The Kier molecular flexibility index (Phi) is 9.67. The molecule has 0 unspecified atom stereocenters. The molecule has 0 spiro atoms. The van der Waals surface area contributed by atoms with Crippen LogP contribution in [0, 0.1) is 0 Å². The van der Waals surface area contributed by atoms with Crippen molar-refractivity contribution in [3.63, 3.8) is 0 Å². The van der Waals surface area contributed by atoms with Gasteiger partial charge in [0.05, 0.1) is 0 Å². The van der Waals surface area contributed by atoms with Gasteiger partial charge in [0, 0.05) is 55.8 Å². The highest BCUT2D eigenvalue weighted by atomic mass is 32.2. The first kappa shape index (κ1) is 21.7. The largest absolute Gasteiger partial charge is 0.383 e. The number of thioether (sulfide) groups is 2. The maximum atomic E-state index is 3.54. The Morgan fingerprint density at radius 1 is 0.889 bits per heavy atom. The molecule has 0 fully saturated rings. The predicted octanol–water partition coefficient (Wildman–Crippen LogP) is 5.01. The fraction of sp³-hybridized carbons (Fsp3) is 0.364. The number of hydrogen-bond donors (Lipinski definition) is 2. The lowest BCUT2D eigenvalue weighted by Gasteiger charge is -2.12. The van der Waals surface area contributed by atoms with Gasteiger partial charge in [0.25, 0.3) is 0 Å². The van der Waals surface area contributed by atoms with Crippen molar-refractivity contribution in [1.29, 1.82) is 0 Å². The molecule has 2 N–H and O–H groups in total. The summed E-state index contributed by atoms with van der Waals surface area (Å²) in [5.74, 6) is 1.16. The van der Waals surface area contributed by atoms with Crippen molar-refractivity contribution in [1.82, 2.24) is 5.32 Å². The first-order valence-corrected chi connectivity index (χ1v) is 11.8. The third-order valence-electron chi connectivity index (χ3n) is 4.20. The molecule has 0 aliphatic heterocycles. The summed E-state index contributed by atoms with van der Waals surface area (Å²) in [7, 11) is 4.12. The molecule has 0 radical (unpaired) electrons. The molecule has 0 heterocycles. The molecule has 2 aromatic carbocycles. The summed E-state index contributed by atoms with van der Waals surface area (Å²) >= 11 is 3.66. The van der Waals surface area contributed by atoms with Gasteiger partial charge in [-0.25, -0.2) is 0 Å². The molecule has 3 nitrogen and oxygen atoms in total. The smallest absolute Gasteiger partial charge is 0.0479 e. The van der Waals surface area contributed by atoms with Crippen molar-refractivity contribution in [2.24, 2.45) is 0 Å². The van der Waals surface area contributed by atoms with Crippen molar-refractivity contribution < 1.29 is 0 Å². The molecule has 0 aliphatic rings. The van der Waals surface area contributed by atoms with Crippen LogP contribution >= 0.6 is 23.5 Å². The van der Waals surface area contributed by atoms with Gasteiger partial charge in [-0.2, -0.15) is 11.8 Å². The van der Waals surface area contributed by atoms with E-state index in [0.717, 1.165) is 25.4 Å². The van der Waals surface area contributed by atoms with Gasteiger partial charge in [-0.1, -0.05) is 30.4 Å². The summed E-state index contributed by atoms with van der Waals surface area (Å²) in [5, 5.41) is 6.99. The van der Waals surface area contributed by atoms with Crippen LogP contribution in [0.4, 0.5) is 11.4 Å². The van der Waals surface area contributed by atoms with Crippen molar-refractivity contribution in [3.05, 3.63) is 53.6 Å². The summed E-state index contributed by atoms with van der Waals surface area (Å²) in [4.78, 5) is 3.40. The van der Waals surface area contributed by atoms with Gasteiger partial charge >= 0.3 is 0 Å². The molecule has 146 valence electrons. The maximum Gasteiger partial charge on any atom is 0.0479 e. The Morgan fingerprint density at radius 2 is 1.59 bits per heavy atom. The van der Waals surface area contributed by atoms with Gasteiger partial charge in [0.2, 0.25) is 0 Å². The molecule has 0 bridgehead atoms. The number of benzene rings is 2. The third kappa shape index (κ3) is 7.53. The van der Waals surface area contributed by atoms with Crippen LogP contribution in [0.25, 0.3) is 12.2 Å². The Hall–Kier alpha value is -1.56. The number of hydrogen-bond acceptors (Lipinski definition) is 5. The van der Waals surface area contributed by atoms with Crippen LogP contribution in [0.15, 0.2) is 47.4 Å². The van der Waals surface area contributed by atoms with E-state index in [9.17, 15) is 0 Å². The van der Waals surface area contributed by atoms with E-state index in [-0.39, 0.29) is 0 Å². The van der Waals surface area contributed by atoms with Crippen LogP contribution in [-0.2, 0) is 0 Å². The first-order chi connectivity index (χ1) is 13.1. The molecule has 0 aliphatic carbocycles. The summed E-state index contributed by atoms with van der Waals surface area (Å²) in [6, 6.07) is 15.2. The average molecular weight is 402 g/mol. The van der Waals surface area contributed by atoms with E-state index in [1.165, 1.54) is 27.4 Å². The van der Waals surface area contributed by atoms with E-state index in [1.54, 1.807) is 11.8 Å². The van der Waals surface area contributed by atoms with E-state index in [1.807, 2.05) is 11.8 Å². The lowest BCUT2D eigenvalue weighted by atomic mass is 10.1. The van der Waals surface area contributed by atoms with Crippen LogP contribution < -0.4 is 15.5 Å². The summed E-state index contributed by atoms with van der Waals surface area (Å²) in [6.45, 7) is 2.99. The van der Waals surface area contributed by atoms with E-state index in [4.69, 9.17) is 0 Å². The molecule has 0 aromatic heterocycles. The summed E-state index contributed by atoms with van der Waals surface area (Å²) < 4.78 is 0. The molecule has 2 rings (SSSR count). The third-order valence-corrected chi connectivity index (χ3v) is 5.59. The Morgan fingerprint density at radius 3 is 2.26 bits per heavy atom. The van der Waals surface area contributed by atoms with E-state index >= 15 is 0 Å². The molecule has 27 heavy (non-hydrogen) atoms. The zero-order valence-corrected chi connectivity index (χ0v) is 18.4. The van der Waals surface area contributed by atoms with Crippen molar-refractivity contribution >= 4 is 47.1 Å². The highest BCUT2D eigenvalue weighted by molar-refractivity contribution is 7.98. The van der Waals surface area contributed by atoms with Crippen LogP contribution in [0.3, 0.4) is 0 Å². The minimum atomic E-state index is 0.940. The second kappa shape index (κ2) is 12.0. The standard InChI is InChI=1S/C22H31N3S2/c1-25(2)20-10-7-18(8-11-20)5-6-19-9-12-21(22(17-19)27-4)24-14-13-23-15-16-26-3/h5-12,17,23-24H,13-16H2,1-4H3/b6-5+. The molecule has 0 saturated carbocycles. The second-order valence-electron chi connectivity index (χ2n) is 6.45. The monoisotopic (exact) mass is 401 g/mol. The minimum Gasteiger partial charge on any atom is -0.383 e. The van der Waals surface area contributed by atoms with Gasteiger partial charge in [0.1, 0.15) is 0 Å². The van der Waals surface area contributed by atoms with Crippen molar-refractivity contribution in [2.75, 3.05) is 62.2 Å². The SMILES string of the molecule is CSCCNCCNc1ccc(/C=C/c2ccc(N(C)C)cc2)cc1SC. The van der Waals surface area contributed by atoms with Gasteiger partial charge in [-0.3, -0.25) is 0 Å². The van der Waals surface area contributed by atoms with E-state index in [2.05, 4.69) is 96.8 Å². The molecular formula is C22H31N3S2. The van der Waals surface area contributed by atoms with Crippen molar-refractivity contribution in [3.8, 4) is 0 Å². The number of anilines is 2. The lowest BCUT2D eigenvalue weighted by Crippen LogP contribution is -2.24. The van der Waals surface area contributed by atoms with Gasteiger partial charge in [-0.05, 0) is 47.9 Å². The molecule has 0 amide bonds. The summed E-state index contributed by atoms with van der Waals surface area (Å²) in [6.07, 6.45) is 8.62. The van der Waals surface area contributed by atoms with E-state index in [0.29, 0.717) is 0 Å². The normalized spacial score (nSPS) is 11.1. The zero-order chi connectivity index (χ0) is 19.5. The molecule has 2 aromatic rings. The van der Waals surface area contributed by atoms with Crippen LogP contribution in [0.5, 0.6) is 0 Å². The van der Waals surface area contributed by atoms with Crippen LogP contribution in [-0.4, -0.2) is 52.0 Å². The predicted molar refractivity (Wildman–Crippen MR) is 128 cm³/mol. The van der Waals surface area contributed by atoms with E-state index < -0.39 is 0 Å². The minimum absolute atomic E-state index is 0.940. The van der Waals surface area contributed by atoms with Crippen molar-refractivity contribution in [2.45, 2.75) is 4.90 Å². The Labute approximate surface area is 173 Å². The van der Waals surface area contributed by atoms with Crippen LogP contribution in [0.1, 0.15) is 11.1 Å². The van der Waals surface area contributed by atoms with Gasteiger partial charge < -0.3 is 15.5 Å². The quantitative estimate of drug-likeness (QED) is 0.314. The number of nitrogens with zero attached hydrogens (tertiary/aromatic N) is 1. The fourth-order valence-corrected chi connectivity index (χ4v) is 3.58. The second-order valence-corrected chi connectivity index (χ2v) is 8.28. The molecule has 5 heteroatoms. The molecule has 0 saturated heterocycles. The Bertz CT molecular complexity index is 712. The number of rotatable bonds is 11. The topological polar surface area (TPSA) is 27.3 Å². The molecular weight excluding hydrogens is 370 g/mol. The highest BCUT2D eigenvalue weighted by Gasteiger charge is 2.02. The average Bonchev–Trinajstić information content (AvgIpc) is 2.69.